The normalized spacial score (nSPS) is 10.8. The predicted molar refractivity (Wildman–Crippen MR) is 81.4 cm³/mol. The van der Waals surface area contributed by atoms with Gasteiger partial charge >= 0.3 is 0 Å². The minimum atomic E-state index is 1.21. The summed E-state index contributed by atoms with van der Waals surface area (Å²) in [5, 5.41) is 0. The van der Waals surface area contributed by atoms with Crippen molar-refractivity contribution in [3.8, 4) is 0 Å². The molecule has 0 amide bonds. The van der Waals surface area contributed by atoms with Crippen LogP contribution in [0.5, 0.6) is 0 Å². The molecule has 0 N–H and O–H groups in total. The molecule has 2 rings (SSSR count). The van der Waals surface area contributed by atoms with Gasteiger partial charge in [0.1, 0.15) is 0 Å². The van der Waals surface area contributed by atoms with E-state index in [1.807, 2.05) is 6.08 Å². The lowest BCUT2D eigenvalue weighted by Gasteiger charge is -2.05. The van der Waals surface area contributed by atoms with E-state index in [1.54, 1.807) is 0 Å². The molecule has 2 aromatic carbocycles. The minimum absolute atomic E-state index is 1.21. The molecule has 0 bridgehead atoms. The average Bonchev–Trinajstić information content (AvgIpc) is 2.38. The summed E-state index contributed by atoms with van der Waals surface area (Å²) < 4.78 is 0. The Labute approximate surface area is 109 Å². The van der Waals surface area contributed by atoms with E-state index in [0.717, 1.165) is 0 Å². The molecule has 0 atom stereocenters. The van der Waals surface area contributed by atoms with Crippen LogP contribution in [0.25, 0.3) is 18.2 Å². The topological polar surface area (TPSA) is 0 Å². The summed E-state index contributed by atoms with van der Waals surface area (Å²) in [7, 11) is 0. The van der Waals surface area contributed by atoms with Crippen LogP contribution in [0.1, 0.15) is 27.8 Å². The van der Waals surface area contributed by atoms with Gasteiger partial charge in [0.15, 0.2) is 0 Å². The Kier molecular flexibility index (Phi) is 3.78. The van der Waals surface area contributed by atoms with Crippen LogP contribution in [0, 0.1) is 13.8 Å². The van der Waals surface area contributed by atoms with E-state index >= 15 is 0 Å². The molecule has 0 saturated heterocycles. The second-order valence-corrected chi connectivity index (χ2v) is 4.47. The van der Waals surface area contributed by atoms with Gasteiger partial charge in [-0.25, -0.2) is 0 Å². The van der Waals surface area contributed by atoms with Gasteiger partial charge in [-0.05, 0) is 41.7 Å². The highest BCUT2D eigenvalue weighted by Crippen LogP contribution is 2.19. The van der Waals surface area contributed by atoms with Gasteiger partial charge < -0.3 is 0 Å². The predicted octanol–water partition coefficient (Wildman–Crippen LogP) is 5.12. The zero-order chi connectivity index (χ0) is 13.0. The highest BCUT2D eigenvalue weighted by Gasteiger charge is 1.99. The van der Waals surface area contributed by atoms with E-state index in [-0.39, 0.29) is 0 Å². The van der Waals surface area contributed by atoms with E-state index in [0.29, 0.717) is 0 Å². The van der Waals surface area contributed by atoms with Crippen molar-refractivity contribution in [2.75, 3.05) is 0 Å². The monoisotopic (exact) mass is 234 g/mol. The van der Waals surface area contributed by atoms with Crippen molar-refractivity contribution in [2.45, 2.75) is 13.8 Å². The molecule has 0 aliphatic heterocycles. The standard InChI is InChI=1S/C18H18/c1-4-18-15(3)9-7-11-17(18)13-12-16-10-6-5-8-14(16)2/h4-13H,1H2,2-3H3. The molecule has 0 radical (unpaired) electrons. The third-order valence-electron chi connectivity index (χ3n) is 3.19. The van der Waals surface area contributed by atoms with Gasteiger partial charge in [-0.2, -0.15) is 0 Å². The van der Waals surface area contributed by atoms with Crippen LogP contribution in [0.4, 0.5) is 0 Å². The quantitative estimate of drug-likeness (QED) is 0.647. The van der Waals surface area contributed by atoms with Gasteiger partial charge in [-0.3, -0.25) is 0 Å². The maximum Gasteiger partial charge on any atom is -0.0161 e. The summed E-state index contributed by atoms with van der Waals surface area (Å²) in [5.74, 6) is 0. The SMILES string of the molecule is C=Cc1c(C)cccc1C=Cc1ccccc1C. The third kappa shape index (κ3) is 2.60. The van der Waals surface area contributed by atoms with Gasteiger partial charge in [0.05, 0.1) is 0 Å². The number of aryl methyl sites for hydroxylation is 2. The van der Waals surface area contributed by atoms with Crippen molar-refractivity contribution in [3.63, 3.8) is 0 Å². The van der Waals surface area contributed by atoms with Crippen LogP contribution in [0.2, 0.25) is 0 Å². The molecule has 90 valence electrons. The molecule has 0 unspecified atom stereocenters. The first-order chi connectivity index (χ1) is 8.72. The van der Waals surface area contributed by atoms with Crippen LogP contribution in [0.15, 0.2) is 49.0 Å². The van der Waals surface area contributed by atoms with Crippen LogP contribution >= 0.6 is 0 Å². The molecule has 0 fully saturated rings. The average molecular weight is 234 g/mol. The van der Waals surface area contributed by atoms with Crippen molar-refractivity contribution in [1.29, 1.82) is 0 Å². The smallest absolute Gasteiger partial charge is 0.0161 e. The van der Waals surface area contributed by atoms with Gasteiger partial charge in [0, 0.05) is 0 Å². The third-order valence-corrected chi connectivity index (χ3v) is 3.19. The molecule has 0 nitrogen and oxygen atoms in total. The van der Waals surface area contributed by atoms with E-state index in [2.05, 4.69) is 75.0 Å². The molecule has 0 heteroatoms. The Hall–Kier alpha value is -2.08. The molecule has 0 aliphatic rings. The molecule has 2 aromatic rings. The van der Waals surface area contributed by atoms with E-state index in [1.165, 1.54) is 27.8 Å². The fourth-order valence-electron chi connectivity index (χ4n) is 2.08. The maximum atomic E-state index is 3.89. The van der Waals surface area contributed by atoms with Crippen molar-refractivity contribution >= 4 is 18.2 Å². The first kappa shape index (κ1) is 12.4. The van der Waals surface area contributed by atoms with Gasteiger partial charge in [-0.1, -0.05) is 67.3 Å². The highest BCUT2D eigenvalue weighted by molar-refractivity contribution is 5.76. The lowest BCUT2D eigenvalue weighted by Crippen LogP contribution is -1.85. The van der Waals surface area contributed by atoms with Gasteiger partial charge in [-0.15, -0.1) is 0 Å². The van der Waals surface area contributed by atoms with Crippen molar-refractivity contribution < 1.29 is 0 Å². The summed E-state index contributed by atoms with van der Waals surface area (Å²) in [5.41, 5.74) is 6.24. The summed E-state index contributed by atoms with van der Waals surface area (Å²) in [6, 6.07) is 14.7. The van der Waals surface area contributed by atoms with E-state index < -0.39 is 0 Å². The summed E-state index contributed by atoms with van der Waals surface area (Å²) in [4.78, 5) is 0. The second-order valence-electron chi connectivity index (χ2n) is 4.47. The molecule has 0 saturated carbocycles. The lowest BCUT2D eigenvalue weighted by molar-refractivity contribution is 1.43. The fraction of sp³-hybridized carbons (Fsp3) is 0.111. The summed E-state index contributed by atoms with van der Waals surface area (Å²) >= 11 is 0. The Bertz CT molecular complexity index is 589. The fourth-order valence-corrected chi connectivity index (χ4v) is 2.08. The molecular weight excluding hydrogens is 216 g/mol. The van der Waals surface area contributed by atoms with Gasteiger partial charge in [0.2, 0.25) is 0 Å². The molecule has 0 heterocycles. The zero-order valence-corrected chi connectivity index (χ0v) is 11.0. The molecular formula is C18H18. The first-order valence-corrected chi connectivity index (χ1v) is 6.18. The van der Waals surface area contributed by atoms with Gasteiger partial charge in [0.25, 0.3) is 0 Å². The van der Waals surface area contributed by atoms with Crippen molar-refractivity contribution in [1.82, 2.24) is 0 Å². The Morgan fingerprint density at radius 1 is 0.778 bits per heavy atom. The Morgan fingerprint density at radius 3 is 2.11 bits per heavy atom. The highest BCUT2D eigenvalue weighted by atomic mass is 14.0. The lowest BCUT2D eigenvalue weighted by atomic mass is 10.0. The molecule has 0 aromatic heterocycles. The van der Waals surface area contributed by atoms with Crippen LogP contribution < -0.4 is 0 Å². The molecule has 0 spiro atoms. The van der Waals surface area contributed by atoms with E-state index in [4.69, 9.17) is 0 Å². The Morgan fingerprint density at radius 2 is 1.39 bits per heavy atom. The molecule has 18 heavy (non-hydrogen) atoms. The van der Waals surface area contributed by atoms with Crippen LogP contribution in [-0.4, -0.2) is 0 Å². The number of rotatable bonds is 3. The number of hydrogen-bond donors (Lipinski definition) is 0. The Balaban J connectivity index is 2.38. The largest absolute Gasteiger partial charge is 0.0984 e. The maximum absolute atomic E-state index is 3.89. The minimum Gasteiger partial charge on any atom is -0.0984 e. The second kappa shape index (κ2) is 5.50. The van der Waals surface area contributed by atoms with Crippen molar-refractivity contribution in [2.24, 2.45) is 0 Å². The van der Waals surface area contributed by atoms with Crippen LogP contribution in [0.3, 0.4) is 0 Å². The molecule has 0 aliphatic carbocycles. The number of hydrogen-bond acceptors (Lipinski definition) is 0. The summed E-state index contributed by atoms with van der Waals surface area (Å²) in [6.07, 6.45) is 6.25. The first-order valence-electron chi connectivity index (χ1n) is 6.18. The van der Waals surface area contributed by atoms with Crippen LogP contribution in [-0.2, 0) is 0 Å². The zero-order valence-electron chi connectivity index (χ0n) is 11.0. The van der Waals surface area contributed by atoms with E-state index in [9.17, 15) is 0 Å². The summed E-state index contributed by atoms with van der Waals surface area (Å²) in [6.45, 7) is 8.13. The number of benzene rings is 2. The van der Waals surface area contributed by atoms with Crippen molar-refractivity contribution in [3.05, 3.63) is 76.9 Å².